The molecule has 0 spiro atoms. The third kappa shape index (κ3) is 6.07. The van der Waals surface area contributed by atoms with Crippen LogP contribution in [0.15, 0.2) is 65.4 Å². The minimum atomic E-state index is 0.613. The van der Waals surface area contributed by atoms with Crippen molar-refractivity contribution in [3.63, 3.8) is 0 Å². The average Bonchev–Trinajstić information content (AvgIpc) is 2.76. The Morgan fingerprint density at radius 3 is 2.73 bits per heavy atom. The fraction of sp³-hybridized carbons (Fsp3) is 0.375. The summed E-state index contributed by atoms with van der Waals surface area (Å²) in [6, 6.07) is 5.31. The molecule has 0 bridgehead atoms. The first-order valence-electron chi connectivity index (χ1n) is 10.3. The largest absolute Gasteiger partial charge is 0.493 e. The van der Waals surface area contributed by atoms with Gasteiger partial charge >= 0.3 is 0 Å². The molecule has 1 aliphatic heterocycles. The number of carbonyl (C=O) groups excluding carboxylic acids is 1. The lowest BCUT2D eigenvalue weighted by Gasteiger charge is -2.23. The van der Waals surface area contributed by atoms with Gasteiger partial charge in [-0.05, 0) is 87.2 Å². The zero-order valence-electron chi connectivity index (χ0n) is 17.6. The number of aldehydes is 1. The van der Waals surface area contributed by atoms with Crippen molar-refractivity contribution >= 4 is 20.8 Å². The Kier molecular flexibility index (Phi) is 8.30. The highest BCUT2D eigenvalue weighted by Crippen LogP contribution is 2.24. The highest BCUT2D eigenvalue weighted by atomic mass is 31.0. The number of benzene rings is 1. The van der Waals surface area contributed by atoms with Crippen molar-refractivity contribution in [3.05, 3.63) is 70.9 Å². The van der Waals surface area contributed by atoms with E-state index in [9.17, 15) is 4.79 Å². The van der Waals surface area contributed by atoms with E-state index in [0.717, 1.165) is 48.4 Å². The van der Waals surface area contributed by atoms with E-state index >= 15 is 0 Å². The molecule has 1 fully saturated rings. The van der Waals surface area contributed by atoms with E-state index in [0.29, 0.717) is 29.4 Å². The van der Waals surface area contributed by atoms with Crippen LogP contribution >= 0.6 is 9.24 Å². The predicted octanol–water partition coefficient (Wildman–Crippen LogP) is 4.04. The molecule has 5 nitrogen and oxygen atoms in total. The van der Waals surface area contributed by atoms with Crippen molar-refractivity contribution in [3.8, 4) is 5.75 Å². The normalized spacial score (nSPS) is 24.5. The Bertz CT molecular complexity index is 879. The molecule has 0 saturated carbocycles. The van der Waals surface area contributed by atoms with E-state index in [2.05, 4.69) is 14.6 Å². The predicted molar refractivity (Wildman–Crippen MR) is 123 cm³/mol. The molecule has 30 heavy (non-hydrogen) atoms. The second-order valence-corrected chi connectivity index (χ2v) is 8.12. The maximum atomic E-state index is 10.9. The van der Waals surface area contributed by atoms with E-state index in [4.69, 9.17) is 14.2 Å². The Hall–Kier alpha value is -2.36. The molecule has 1 aromatic rings. The summed E-state index contributed by atoms with van der Waals surface area (Å²) in [5.41, 5.74) is 1.53. The smallest absolute Gasteiger partial charge is 0.161 e. The minimum Gasteiger partial charge on any atom is -0.493 e. The van der Waals surface area contributed by atoms with Crippen LogP contribution in [0.4, 0.5) is 0 Å². The van der Waals surface area contributed by atoms with Crippen LogP contribution in [-0.2, 0) is 9.47 Å². The molecule has 1 saturated heterocycles. The van der Waals surface area contributed by atoms with Gasteiger partial charge in [0.05, 0.1) is 13.7 Å². The second-order valence-electron chi connectivity index (χ2n) is 7.50. The summed E-state index contributed by atoms with van der Waals surface area (Å²) in [7, 11) is 4.25. The van der Waals surface area contributed by atoms with Gasteiger partial charge in [-0.15, -0.1) is 9.24 Å². The summed E-state index contributed by atoms with van der Waals surface area (Å²) in [5.74, 6) is 3.50. The van der Waals surface area contributed by atoms with Crippen LogP contribution in [0.25, 0.3) is 0 Å². The van der Waals surface area contributed by atoms with Crippen LogP contribution in [0.1, 0.15) is 36.5 Å². The maximum absolute atomic E-state index is 10.9. The van der Waals surface area contributed by atoms with Gasteiger partial charge in [0.15, 0.2) is 11.5 Å². The number of nitrogens with one attached hydrogen (secondary N) is 1. The molecule has 1 N–H and O–H groups in total. The van der Waals surface area contributed by atoms with Crippen molar-refractivity contribution in [2.24, 2.45) is 5.92 Å². The first kappa shape index (κ1) is 22.3. The van der Waals surface area contributed by atoms with Crippen molar-refractivity contribution in [1.29, 1.82) is 0 Å². The molecule has 0 amide bonds. The first-order valence-corrected chi connectivity index (χ1v) is 10.9. The molecule has 1 heterocycles. The lowest BCUT2D eigenvalue weighted by molar-refractivity contribution is 0.112. The lowest BCUT2D eigenvalue weighted by atomic mass is 9.95. The molecule has 1 aliphatic carbocycles. The van der Waals surface area contributed by atoms with Gasteiger partial charge in [-0.2, -0.15) is 0 Å². The van der Waals surface area contributed by atoms with E-state index in [-0.39, 0.29) is 0 Å². The standard InChI is InChI=1S/C24H30NO4P/c1-17-14-23(27-2)21(28-13-10-18-8-11-25-12-9-18)5-3-4-20(17)29-22-7-6-19(16-26)15-24(22)30/h3-7,14-16,18,25H,8-13,30H2,1-2H3/b4-3+,5-3?,17-14?,20-4?,20-17-,21-5+,23-14+,23-21?. The summed E-state index contributed by atoms with van der Waals surface area (Å²) < 4.78 is 17.8. The van der Waals surface area contributed by atoms with Crippen LogP contribution in [0.5, 0.6) is 5.75 Å². The summed E-state index contributed by atoms with van der Waals surface area (Å²) in [6.07, 6.45) is 12.0. The number of ether oxygens (including phenoxy) is 3. The Morgan fingerprint density at radius 2 is 2.03 bits per heavy atom. The minimum absolute atomic E-state index is 0.613. The molecule has 0 aromatic heterocycles. The van der Waals surface area contributed by atoms with E-state index in [1.54, 1.807) is 25.3 Å². The highest BCUT2D eigenvalue weighted by Gasteiger charge is 2.15. The van der Waals surface area contributed by atoms with Gasteiger partial charge in [-0.1, -0.05) is 6.08 Å². The second kappa shape index (κ2) is 11.1. The number of allylic oxidation sites excluding steroid dienone is 5. The third-order valence-corrected chi connectivity index (χ3v) is 5.78. The van der Waals surface area contributed by atoms with E-state index < -0.39 is 0 Å². The van der Waals surface area contributed by atoms with Gasteiger partial charge in [0.1, 0.15) is 17.8 Å². The SMILES string of the molecule is COC1=C/C(C)=C(Oc2ccc(C=O)cc2P)/C=C/C=C\1OCCC1CCNCC1. The topological polar surface area (TPSA) is 56.8 Å². The molecule has 3 rings (SSSR count). The Balaban J connectivity index is 1.69. The fourth-order valence-electron chi connectivity index (χ4n) is 3.53. The third-order valence-electron chi connectivity index (χ3n) is 5.33. The van der Waals surface area contributed by atoms with Crippen LogP contribution < -0.4 is 15.4 Å². The number of piperidine rings is 1. The van der Waals surface area contributed by atoms with Gasteiger partial charge in [0, 0.05) is 10.9 Å². The van der Waals surface area contributed by atoms with Crippen molar-refractivity contribution in [1.82, 2.24) is 5.32 Å². The number of hydrogen-bond donors (Lipinski definition) is 1. The Morgan fingerprint density at radius 1 is 1.23 bits per heavy atom. The first-order chi connectivity index (χ1) is 14.6. The fourth-order valence-corrected chi connectivity index (χ4v) is 3.87. The number of carbonyl (C=O) groups is 1. The lowest BCUT2D eigenvalue weighted by Crippen LogP contribution is -2.28. The van der Waals surface area contributed by atoms with Crippen LogP contribution in [0.2, 0.25) is 0 Å². The van der Waals surface area contributed by atoms with Crippen LogP contribution in [0, 0.1) is 5.92 Å². The highest BCUT2D eigenvalue weighted by molar-refractivity contribution is 7.27. The van der Waals surface area contributed by atoms with E-state index in [1.165, 1.54) is 12.8 Å². The zero-order valence-corrected chi connectivity index (χ0v) is 18.8. The van der Waals surface area contributed by atoms with Gasteiger partial charge in [0.2, 0.25) is 0 Å². The number of rotatable bonds is 8. The maximum Gasteiger partial charge on any atom is 0.161 e. The molecular weight excluding hydrogens is 397 g/mol. The number of methoxy groups -OCH3 is 1. The molecular formula is C24H30NO4P. The molecule has 1 unspecified atom stereocenters. The summed E-state index contributed by atoms with van der Waals surface area (Å²) in [4.78, 5) is 10.9. The van der Waals surface area contributed by atoms with Crippen LogP contribution in [0.3, 0.4) is 0 Å². The van der Waals surface area contributed by atoms with Gasteiger partial charge in [0.25, 0.3) is 0 Å². The molecule has 0 radical (unpaired) electrons. The molecule has 160 valence electrons. The van der Waals surface area contributed by atoms with Crippen molar-refractivity contribution < 1.29 is 19.0 Å². The van der Waals surface area contributed by atoms with Gasteiger partial charge < -0.3 is 19.5 Å². The summed E-state index contributed by atoms with van der Waals surface area (Å²) in [6.45, 7) is 4.85. The molecule has 1 aromatic carbocycles. The van der Waals surface area contributed by atoms with Crippen molar-refractivity contribution in [2.75, 3.05) is 26.8 Å². The zero-order chi connectivity index (χ0) is 21.3. The van der Waals surface area contributed by atoms with Crippen LogP contribution in [-0.4, -0.2) is 33.1 Å². The summed E-state index contributed by atoms with van der Waals surface area (Å²) >= 11 is 0. The van der Waals surface area contributed by atoms with Gasteiger partial charge in [-0.25, -0.2) is 0 Å². The van der Waals surface area contributed by atoms with E-state index in [1.807, 2.05) is 31.2 Å². The molecule has 2 aliphatic rings. The van der Waals surface area contributed by atoms with Crippen molar-refractivity contribution in [2.45, 2.75) is 26.2 Å². The Labute approximate surface area is 181 Å². The average molecular weight is 427 g/mol. The molecule has 1 atom stereocenters. The number of hydrogen-bond acceptors (Lipinski definition) is 5. The molecule has 6 heteroatoms. The quantitative estimate of drug-likeness (QED) is 0.501. The summed E-state index contributed by atoms with van der Waals surface area (Å²) in [5, 5.41) is 4.22. The van der Waals surface area contributed by atoms with Gasteiger partial charge in [-0.3, -0.25) is 4.79 Å². The monoisotopic (exact) mass is 427 g/mol.